The Kier molecular flexibility index (Phi) is 4.96. The lowest BCUT2D eigenvalue weighted by Gasteiger charge is -2.35. The van der Waals surface area contributed by atoms with Gasteiger partial charge in [0.2, 0.25) is 0 Å². The number of nitrogens with zero attached hydrogens (tertiary/aromatic N) is 1. The molecule has 1 saturated heterocycles. The van der Waals surface area contributed by atoms with E-state index in [2.05, 4.69) is 23.2 Å². The molecule has 1 N–H and O–H groups in total. The lowest BCUT2D eigenvalue weighted by atomic mass is 10.0. The van der Waals surface area contributed by atoms with Crippen molar-refractivity contribution in [1.29, 1.82) is 0 Å². The van der Waals surface area contributed by atoms with Crippen LogP contribution in [0.4, 0.5) is 5.69 Å². The van der Waals surface area contributed by atoms with Gasteiger partial charge in [0.15, 0.2) is 11.5 Å². The smallest absolute Gasteiger partial charge is 0.344 e. The van der Waals surface area contributed by atoms with Gasteiger partial charge >= 0.3 is 5.63 Å². The Bertz CT molecular complexity index is 1060. The third-order valence-electron chi connectivity index (χ3n) is 5.25. The molecule has 0 spiro atoms. The van der Waals surface area contributed by atoms with Crippen LogP contribution in [0.5, 0.6) is 11.5 Å². The number of fused-ring (bicyclic) bond motifs is 1. The van der Waals surface area contributed by atoms with E-state index in [0.717, 1.165) is 36.3 Å². The molecule has 0 amide bonds. The highest BCUT2D eigenvalue weighted by molar-refractivity contribution is 5.85. The second-order valence-corrected chi connectivity index (χ2v) is 6.99. The molecule has 1 aliphatic rings. The number of anilines is 1. The molecule has 1 fully saturated rings. The Balaban J connectivity index is 1.75. The number of ether oxygens (including phenoxy) is 2. The maximum Gasteiger partial charge on any atom is 0.344 e. The molecule has 1 aromatic heterocycles. The van der Waals surface area contributed by atoms with E-state index in [0.29, 0.717) is 28.7 Å². The van der Waals surface area contributed by atoms with E-state index in [4.69, 9.17) is 13.9 Å². The van der Waals surface area contributed by atoms with Crippen molar-refractivity contribution in [3.8, 4) is 22.6 Å². The fraction of sp³-hybridized carbons (Fsp3) is 0.318. The minimum atomic E-state index is -0.370. The highest BCUT2D eigenvalue weighted by Crippen LogP contribution is 2.32. The Labute approximate surface area is 163 Å². The zero-order valence-corrected chi connectivity index (χ0v) is 16.3. The molecule has 3 aromatic rings. The summed E-state index contributed by atoms with van der Waals surface area (Å²) in [6.07, 6.45) is 0. The molecule has 146 valence electrons. The van der Waals surface area contributed by atoms with Gasteiger partial charge in [-0.15, -0.1) is 0 Å². The number of methoxy groups -OCH3 is 2. The molecule has 2 heterocycles. The summed E-state index contributed by atoms with van der Waals surface area (Å²) in [6.45, 7) is 5.01. The molecule has 1 atom stereocenters. The lowest BCUT2D eigenvalue weighted by Crippen LogP contribution is -2.49. The van der Waals surface area contributed by atoms with Gasteiger partial charge in [0, 0.05) is 42.8 Å². The zero-order valence-electron chi connectivity index (χ0n) is 16.3. The van der Waals surface area contributed by atoms with Crippen LogP contribution < -0.4 is 25.3 Å². The number of benzene rings is 2. The first-order valence-electron chi connectivity index (χ1n) is 9.38. The predicted octanol–water partition coefficient (Wildman–Crippen LogP) is 3.28. The first-order valence-corrected chi connectivity index (χ1v) is 9.38. The molecular formula is C22H24N2O4. The van der Waals surface area contributed by atoms with Crippen molar-refractivity contribution in [2.24, 2.45) is 0 Å². The van der Waals surface area contributed by atoms with Crippen molar-refractivity contribution in [2.75, 3.05) is 38.8 Å². The Hall–Kier alpha value is -2.99. The molecule has 0 aliphatic carbocycles. The SMILES string of the molecule is COc1ccc(-c2cc3ccc(N4CCNC[C@@H]4C)cc3oc2=O)cc1OC. The van der Waals surface area contributed by atoms with Crippen molar-refractivity contribution < 1.29 is 13.9 Å². The molecule has 0 saturated carbocycles. The van der Waals surface area contributed by atoms with Crippen LogP contribution in [0.3, 0.4) is 0 Å². The van der Waals surface area contributed by atoms with Crippen LogP contribution in [0.1, 0.15) is 6.92 Å². The molecule has 6 nitrogen and oxygen atoms in total. The normalized spacial score (nSPS) is 17.0. The Morgan fingerprint density at radius 1 is 1.07 bits per heavy atom. The topological polar surface area (TPSA) is 63.9 Å². The van der Waals surface area contributed by atoms with E-state index >= 15 is 0 Å². The van der Waals surface area contributed by atoms with Gasteiger partial charge in [0.25, 0.3) is 0 Å². The summed E-state index contributed by atoms with van der Waals surface area (Å²) in [7, 11) is 3.15. The molecule has 2 aromatic carbocycles. The fourth-order valence-corrected chi connectivity index (χ4v) is 3.71. The summed E-state index contributed by atoms with van der Waals surface area (Å²) in [5, 5.41) is 4.27. The summed E-state index contributed by atoms with van der Waals surface area (Å²) in [5.74, 6) is 1.19. The van der Waals surface area contributed by atoms with E-state index in [-0.39, 0.29) is 5.63 Å². The molecule has 0 bridgehead atoms. The van der Waals surface area contributed by atoms with Crippen LogP contribution in [0.25, 0.3) is 22.1 Å². The molecule has 1 aliphatic heterocycles. The van der Waals surface area contributed by atoms with Crippen LogP contribution in [0.2, 0.25) is 0 Å². The number of hydrogen-bond donors (Lipinski definition) is 1. The van der Waals surface area contributed by atoms with Crippen LogP contribution >= 0.6 is 0 Å². The summed E-state index contributed by atoms with van der Waals surface area (Å²) in [6, 6.07) is 13.7. The standard InChI is InChI=1S/C22H24N2O4/c1-14-13-23-8-9-24(14)17-6-4-16-10-18(22(25)28-20(16)12-17)15-5-7-19(26-2)21(11-15)27-3/h4-7,10-12,14,23H,8-9,13H2,1-3H3/t14-/m0/s1. The predicted molar refractivity (Wildman–Crippen MR) is 111 cm³/mol. The van der Waals surface area contributed by atoms with Crippen molar-refractivity contribution in [3.63, 3.8) is 0 Å². The van der Waals surface area contributed by atoms with Gasteiger partial charge in [-0.3, -0.25) is 0 Å². The second kappa shape index (κ2) is 7.56. The molecule has 4 rings (SSSR count). The number of nitrogens with one attached hydrogen (secondary N) is 1. The third kappa shape index (κ3) is 3.31. The average molecular weight is 380 g/mol. The highest BCUT2D eigenvalue weighted by atomic mass is 16.5. The van der Waals surface area contributed by atoms with Gasteiger partial charge in [-0.05, 0) is 42.8 Å². The largest absolute Gasteiger partial charge is 0.493 e. The maximum absolute atomic E-state index is 12.7. The van der Waals surface area contributed by atoms with Crippen molar-refractivity contribution >= 4 is 16.7 Å². The summed E-state index contributed by atoms with van der Waals surface area (Å²) >= 11 is 0. The van der Waals surface area contributed by atoms with Crippen LogP contribution in [0, 0.1) is 0 Å². The average Bonchev–Trinajstić information content (AvgIpc) is 2.72. The summed E-state index contributed by atoms with van der Waals surface area (Å²) < 4.78 is 16.3. The Morgan fingerprint density at radius 3 is 2.64 bits per heavy atom. The van der Waals surface area contributed by atoms with E-state index in [1.807, 2.05) is 24.3 Å². The molecule has 28 heavy (non-hydrogen) atoms. The van der Waals surface area contributed by atoms with Crippen LogP contribution in [0.15, 0.2) is 51.7 Å². The quantitative estimate of drug-likeness (QED) is 0.701. The second-order valence-electron chi connectivity index (χ2n) is 6.99. The lowest BCUT2D eigenvalue weighted by molar-refractivity contribution is 0.355. The fourth-order valence-electron chi connectivity index (χ4n) is 3.71. The molecule has 0 radical (unpaired) electrons. The first kappa shape index (κ1) is 18.4. The maximum atomic E-state index is 12.7. The van der Waals surface area contributed by atoms with E-state index in [9.17, 15) is 4.79 Å². The molecule has 6 heteroatoms. The Morgan fingerprint density at radius 2 is 1.89 bits per heavy atom. The number of rotatable bonds is 4. The monoisotopic (exact) mass is 380 g/mol. The number of hydrogen-bond acceptors (Lipinski definition) is 6. The van der Waals surface area contributed by atoms with Crippen LogP contribution in [-0.4, -0.2) is 39.9 Å². The van der Waals surface area contributed by atoms with Gasteiger partial charge in [-0.2, -0.15) is 0 Å². The molecule has 0 unspecified atom stereocenters. The van der Waals surface area contributed by atoms with E-state index in [1.165, 1.54) is 0 Å². The van der Waals surface area contributed by atoms with Crippen molar-refractivity contribution in [3.05, 3.63) is 52.9 Å². The zero-order chi connectivity index (χ0) is 19.7. The van der Waals surface area contributed by atoms with E-state index < -0.39 is 0 Å². The third-order valence-corrected chi connectivity index (χ3v) is 5.25. The van der Waals surface area contributed by atoms with E-state index in [1.54, 1.807) is 26.4 Å². The van der Waals surface area contributed by atoms with Gasteiger partial charge in [-0.25, -0.2) is 4.79 Å². The summed E-state index contributed by atoms with van der Waals surface area (Å²) in [4.78, 5) is 15.0. The minimum Gasteiger partial charge on any atom is -0.493 e. The van der Waals surface area contributed by atoms with Gasteiger partial charge < -0.3 is 24.1 Å². The minimum absolute atomic E-state index is 0.370. The first-order chi connectivity index (χ1) is 13.6. The van der Waals surface area contributed by atoms with Crippen molar-refractivity contribution in [2.45, 2.75) is 13.0 Å². The van der Waals surface area contributed by atoms with Crippen molar-refractivity contribution in [1.82, 2.24) is 5.32 Å². The van der Waals surface area contributed by atoms with Gasteiger partial charge in [-0.1, -0.05) is 6.07 Å². The highest BCUT2D eigenvalue weighted by Gasteiger charge is 2.19. The van der Waals surface area contributed by atoms with Crippen LogP contribution in [-0.2, 0) is 0 Å². The summed E-state index contributed by atoms with van der Waals surface area (Å²) in [5.41, 5.74) is 2.52. The number of piperazine rings is 1. The van der Waals surface area contributed by atoms with Gasteiger partial charge in [0.1, 0.15) is 5.58 Å². The van der Waals surface area contributed by atoms with Gasteiger partial charge in [0.05, 0.1) is 19.8 Å². The molecular weight excluding hydrogens is 356 g/mol.